The summed E-state index contributed by atoms with van der Waals surface area (Å²) in [4.78, 5) is 14.0. The lowest BCUT2D eigenvalue weighted by atomic mass is 9.76. The summed E-state index contributed by atoms with van der Waals surface area (Å²) in [6.45, 7) is 3.67. The van der Waals surface area contributed by atoms with E-state index in [2.05, 4.69) is 43.2 Å². The van der Waals surface area contributed by atoms with Gasteiger partial charge < -0.3 is 9.47 Å². The maximum absolute atomic E-state index is 11.7. The van der Waals surface area contributed by atoms with Gasteiger partial charge >= 0.3 is 5.97 Å². The summed E-state index contributed by atoms with van der Waals surface area (Å²) in [6.07, 6.45) is 9.70. The van der Waals surface area contributed by atoms with Crippen LogP contribution >= 0.6 is 0 Å². The van der Waals surface area contributed by atoms with Gasteiger partial charge in [0.2, 0.25) is 0 Å². The fourth-order valence-electron chi connectivity index (χ4n) is 3.42. The summed E-state index contributed by atoms with van der Waals surface area (Å²) in [5.74, 6) is 0.444. The number of hydrogen-bond acceptors (Lipinski definition) is 4. The van der Waals surface area contributed by atoms with Crippen molar-refractivity contribution in [1.29, 1.82) is 0 Å². The zero-order valence-corrected chi connectivity index (χ0v) is 13.9. The van der Waals surface area contributed by atoms with Crippen molar-refractivity contribution in [2.45, 2.75) is 25.9 Å². The molecule has 0 saturated carbocycles. The molecule has 2 atom stereocenters. The first-order valence-corrected chi connectivity index (χ1v) is 7.92. The van der Waals surface area contributed by atoms with Gasteiger partial charge in [0, 0.05) is 17.5 Å². The van der Waals surface area contributed by atoms with Crippen molar-refractivity contribution in [2.75, 3.05) is 20.8 Å². The van der Waals surface area contributed by atoms with Crippen LogP contribution in [0.25, 0.3) is 0 Å². The Morgan fingerprint density at radius 3 is 2.91 bits per heavy atom. The number of ether oxygens (including phenoxy) is 2. The quantitative estimate of drug-likeness (QED) is 0.786. The third kappa shape index (κ3) is 3.04. The Bertz CT molecular complexity index is 665. The highest BCUT2D eigenvalue weighted by Gasteiger charge is 2.37. The zero-order chi connectivity index (χ0) is 16.4. The van der Waals surface area contributed by atoms with Crippen LogP contribution in [0, 0.1) is 5.41 Å². The van der Waals surface area contributed by atoms with Gasteiger partial charge in [0.25, 0.3) is 0 Å². The van der Waals surface area contributed by atoms with E-state index in [0.717, 1.165) is 24.3 Å². The molecule has 1 unspecified atom stereocenters. The van der Waals surface area contributed by atoms with Gasteiger partial charge in [-0.1, -0.05) is 37.3 Å². The predicted molar refractivity (Wildman–Crippen MR) is 89.5 cm³/mol. The molecular formula is C19H23NO3. The fraction of sp³-hybridized carbons (Fsp3) is 0.421. The molecule has 1 aromatic rings. The largest absolute Gasteiger partial charge is 0.492 e. The van der Waals surface area contributed by atoms with Crippen molar-refractivity contribution in [3.63, 3.8) is 0 Å². The molecule has 1 heterocycles. The van der Waals surface area contributed by atoms with E-state index >= 15 is 0 Å². The maximum Gasteiger partial charge on any atom is 0.337 e. The number of nitrogens with zero attached hydrogens (tertiary/aromatic N) is 1. The van der Waals surface area contributed by atoms with Crippen LogP contribution in [0.3, 0.4) is 0 Å². The molecule has 1 aliphatic heterocycles. The minimum atomic E-state index is -0.335. The number of benzene rings is 1. The Hall–Kier alpha value is -2.07. The maximum atomic E-state index is 11.7. The minimum absolute atomic E-state index is 0.0523. The van der Waals surface area contributed by atoms with E-state index in [1.807, 2.05) is 6.07 Å². The van der Waals surface area contributed by atoms with Crippen LogP contribution in [0.5, 0.6) is 5.75 Å². The predicted octanol–water partition coefficient (Wildman–Crippen LogP) is 3.19. The molecule has 0 saturated heterocycles. The first kappa shape index (κ1) is 15.8. The molecule has 0 spiro atoms. The Morgan fingerprint density at radius 2 is 2.22 bits per heavy atom. The molecule has 0 fully saturated rings. The fourth-order valence-corrected chi connectivity index (χ4v) is 3.42. The average molecular weight is 313 g/mol. The van der Waals surface area contributed by atoms with E-state index < -0.39 is 0 Å². The second-order valence-corrected chi connectivity index (χ2v) is 6.55. The molecule has 4 nitrogen and oxygen atoms in total. The highest BCUT2D eigenvalue weighted by atomic mass is 16.5. The van der Waals surface area contributed by atoms with Crippen molar-refractivity contribution in [3.05, 3.63) is 53.6 Å². The minimum Gasteiger partial charge on any atom is -0.492 e. The Kier molecular flexibility index (Phi) is 4.26. The Labute approximate surface area is 137 Å². The van der Waals surface area contributed by atoms with Crippen LogP contribution in [0.4, 0.5) is 0 Å². The number of carbonyl (C=O) groups excluding carboxylic acids is 1. The van der Waals surface area contributed by atoms with Crippen LogP contribution < -0.4 is 4.74 Å². The van der Waals surface area contributed by atoms with Gasteiger partial charge in [-0.25, -0.2) is 4.79 Å². The standard InChI is InChI=1S/C19H23NO3/c1-19(9-5-4-6-10-19)17-13-23-16-11-14(18(21)22-3)7-8-15(16)12-20(17)2/h4-9,11,17H,10,12-13H2,1-3H3/t17-,19?/m1/s1. The van der Waals surface area contributed by atoms with Crippen molar-refractivity contribution in [3.8, 4) is 5.75 Å². The van der Waals surface area contributed by atoms with Gasteiger partial charge in [0.05, 0.1) is 18.7 Å². The Morgan fingerprint density at radius 1 is 1.39 bits per heavy atom. The first-order chi connectivity index (χ1) is 11.0. The third-order valence-electron chi connectivity index (χ3n) is 4.88. The highest BCUT2D eigenvalue weighted by Crippen LogP contribution is 2.37. The first-order valence-electron chi connectivity index (χ1n) is 7.92. The summed E-state index contributed by atoms with van der Waals surface area (Å²) in [5, 5.41) is 0. The summed E-state index contributed by atoms with van der Waals surface area (Å²) < 4.78 is 10.9. The lowest BCUT2D eigenvalue weighted by Gasteiger charge is -2.39. The summed E-state index contributed by atoms with van der Waals surface area (Å²) in [5.41, 5.74) is 1.68. The molecule has 0 aromatic heterocycles. The lowest BCUT2D eigenvalue weighted by molar-refractivity contribution is 0.0599. The number of methoxy groups -OCH3 is 1. The molecule has 0 radical (unpaired) electrons. The number of rotatable bonds is 2. The topological polar surface area (TPSA) is 38.8 Å². The second-order valence-electron chi connectivity index (χ2n) is 6.55. The van der Waals surface area contributed by atoms with Crippen LogP contribution in [0.15, 0.2) is 42.5 Å². The SMILES string of the molecule is COC(=O)c1ccc2c(c1)OC[C@H](C1(C)C=CC=CC1)N(C)C2. The van der Waals surface area contributed by atoms with Crippen LogP contribution in [-0.2, 0) is 11.3 Å². The number of likely N-dealkylation sites (N-methyl/N-ethyl adjacent to an activating group) is 1. The number of hydrogen-bond donors (Lipinski definition) is 0. The number of allylic oxidation sites excluding steroid dienone is 3. The van der Waals surface area contributed by atoms with Gasteiger partial charge in [-0.05, 0) is 25.6 Å². The van der Waals surface area contributed by atoms with E-state index in [4.69, 9.17) is 9.47 Å². The van der Waals surface area contributed by atoms with Crippen LogP contribution in [0.1, 0.15) is 29.3 Å². The van der Waals surface area contributed by atoms with E-state index in [1.54, 1.807) is 12.1 Å². The third-order valence-corrected chi connectivity index (χ3v) is 4.88. The van der Waals surface area contributed by atoms with Gasteiger partial charge in [0.1, 0.15) is 12.4 Å². The normalized spacial score (nSPS) is 27.0. The van der Waals surface area contributed by atoms with E-state index in [-0.39, 0.29) is 17.4 Å². The highest BCUT2D eigenvalue weighted by molar-refractivity contribution is 5.89. The van der Waals surface area contributed by atoms with Gasteiger partial charge in [-0.2, -0.15) is 0 Å². The molecule has 0 bridgehead atoms. The molecule has 23 heavy (non-hydrogen) atoms. The number of carbonyl (C=O) groups is 1. The molecule has 3 rings (SSSR count). The van der Waals surface area contributed by atoms with Gasteiger partial charge in [0.15, 0.2) is 0 Å². The van der Waals surface area contributed by atoms with Crippen molar-refractivity contribution in [2.24, 2.45) is 5.41 Å². The van der Waals surface area contributed by atoms with E-state index in [0.29, 0.717) is 12.2 Å². The molecule has 1 aliphatic carbocycles. The lowest BCUT2D eigenvalue weighted by Crippen LogP contribution is -2.46. The number of fused-ring (bicyclic) bond motifs is 1. The summed E-state index contributed by atoms with van der Waals surface area (Å²) in [6, 6.07) is 5.82. The molecule has 122 valence electrons. The molecular weight excluding hydrogens is 290 g/mol. The monoisotopic (exact) mass is 313 g/mol. The van der Waals surface area contributed by atoms with Crippen LogP contribution in [0.2, 0.25) is 0 Å². The zero-order valence-electron chi connectivity index (χ0n) is 13.9. The molecule has 0 N–H and O–H groups in total. The molecule has 1 aromatic carbocycles. The van der Waals surface area contributed by atoms with Crippen molar-refractivity contribution >= 4 is 5.97 Å². The van der Waals surface area contributed by atoms with E-state index in [9.17, 15) is 4.79 Å². The molecule has 0 amide bonds. The summed E-state index contributed by atoms with van der Waals surface area (Å²) >= 11 is 0. The van der Waals surface area contributed by atoms with E-state index in [1.165, 1.54) is 7.11 Å². The van der Waals surface area contributed by atoms with Gasteiger partial charge in [-0.3, -0.25) is 4.90 Å². The van der Waals surface area contributed by atoms with Crippen LogP contribution in [-0.4, -0.2) is 37.7 Å². The molecule has 2 aliphatic rings. The summed E-state index contributed by atoms with van der Waals surface area (Å²) in [7, 11) is 3.52. The second kappa shape index (κ2) is 6.20. The Balaban J connectivity index is 1.86. The van der Waals surface area contributed by atoms with Crippen molar-refractivity contribution in [1.82, 2.24) is 4.90 Å². The smallest absolute Gasteiger partial charge is 0.337 e. The average Bonchev–Trinajstić information content (AvgIpc) is 2.72. The molecule has 4 heteroatoms. The van der Waals surface area contributed by atoms with Gasteiger partial charge in [-0.15, -0.1) is 0 Å². The van der Waals surface area contributed by atoms with Crippen molar-refractivity contribution < 1.29 is 14.3 Å². The number of esters is 1.